The summed E-state index contributed by atoms with van der Waals surface area (Å²) >= 11 is 0. The number of benzene rings is 2. The lowest BCUT2D eigenvalue weighted by molar-refractivity contribution is -0.138. The van der Waals surface area contributed by atoms with Crippen molar-refractivity contribution in [2.45, 2.75) is 47.6 Å². The Morgan fingerprint density at radius 1 is 0.879 bits per heavy atom. The number of imide groups is 1. The van der Waals surface area contributed by atoms with Gasteiger partial charge in [0.15, 0.2) is 0 Å². The molecule has 2 aromatic rings. The van der Waals surface area contributed by atoms with Crippen LogP contribution in [0.1, 0.15) is 47.1 Å². The van der Waals surface area contributed by atoms with Crippen LogP contribution in [0.5, 0.6) is 5.75 Å². The predicted octanol–water partition coefficient (Wildman–Crippen LogP) is 5.17. The van der Waals surface area contributed by atoms with Gasteiger partial charge in [-0.05, 0) is 75.6 Å². The second-order valence-corrected chi connectivity index (χ2v) is 8.90. The van der Waals surface area contributed by atoms with Gasteiger partial charge in [-0.15, -0.1) is 0 Å². The van der Waals surface area contributed by atoms with Gasteiger partial charge in [-0.2, -0.15) is 0 Å². The number of rotatable bonds is 10. The number of hydrogen-bond acceptors (Lipinski definition) is 5. The van der Waals surface area contributed by atoms with E-state index in [1.807, 2.05) is 62.4 Å². The summed E-state index contributed by atoms with van der Waals surface area (Å²) in [6.07, 6.45) is 0. The smallest absolute Gasteiger partial charge is 0.278 e. The van der Waals surface area contributed by atoms with E-state index in [1.54, 1.807) is 0 Å². The lowest BCUT2D eigenvalue weighted by atomic mass is 10.0. The third kappa shape index (κ3) is 5.38. The molecule has 0 aromatic heterocycles. The van der Waals surface area contributed by atoms with Crippen LogP contribution in [-0.4, -0.2) is 42.5 Å². The second-order valence-electron chi connectivity index (χ2n) is 8.90. The van der Waals surface area contributed by atoms with Gasteiger partial charge in [0.1, 0.15) is 11.4 Å². The summed E-state index contributed by atoms with van der Waals surface area (Å²) in [5.74, 6) is 0.572. The second kappa shape index (κ2) is 10.6. The third-order valence-electron chi connectivity index (χ3n) is 5.62. The highest BCUT2D eigenvalue weighted by Gasteiger charge is 2.40. The molecule has 1 aliphatic heterocycles. The first-order valence-corrected chi connectivity index (χ1v) is 11.7. The van der Waals surface area contributed by atoms with Gasteiger partial charge < -0.3 is 15.0 Å². The average Bonchev–Trinajstić information content (AvgIpc) is 3.04. The number of carbonyl (C=O) groups excluding carboxylic acids is 2. The van der Waals surface area contributed by atoms with E-state index in [-0.39, 0.29) is 17.9 Å². The molecule has 0 saturated heterocycles. The molecule has 3 rings (SSSR count). The Balaban J connectivity index is 1.93. The zero-order chi connectivity index (χ0) is 24.1. The van der Waals surface area contributed by atoms with Crippen LogP contribution < -0.4 is 15.0 Å². The molecule has 0 aliphatic carbocycles. The van der Waals surface area contributed by atoms with E-state index in [9.17, 15) is 9.59 Å². The Bertz CT molecular complexity index is 1000. The van der Waals surface area contributed by atoms with Gasteiger partial charge >= 0.3 is 0 Å². The standard InChI is InChI=1S/C27H35N3O3/c1-7-29(8-2)22-13-11-21(12-14-22)28-25-24(26(31)30(19(5)6)27(25)32)20-9-15-23(16-10-20)33-17-18(3)4/h9-16,18-19,28H,7-8,17H2,1-6H3. The number of nitrogens with zero attached hydrogens (tertiary/aromatic N) is 2. The van der Waals surface area contributed by atoms with Crippen LogP contribution in [0.3, 0.4) is 0 Å². The van der Waals surface area contributed by atoms with Gasteiger partial charge in [-0.1, -0.05) is 26.0 Å². The fourth-order valence-corrected chi connectivity index (χ4v) is 3.87. The molecule has 1 heterocycles. The molecule has 0 atom stereocenters. The zero-order valence-electron chi connectivity index (χ0n) is 20.5. The minimum atomic E-state index is -0.307. The molecule has 2 amide bonds. The molecule has 1 aliphatic rings. The highest BCUT2D eigenvalue weighted by Crippen LogP contribution is 2.33. The van der Waals surface area contributed by atoms with Crippen molar-refractivity contribution in [3.8, 4) is 5.75 Å². The van der Waals surface area contributed by atoms with Crippen LogP contribution in [0.15, 0.2) is 54.2 Å². The number of hydrogen-bond donors (Lipinski definition) is 1. The molecule has 0 unspecified atom stereocenters. The molecule has 1 N–H and O–H groups in total. The maximum Gasteiger partial charge on any atom is 0.278 e. The molecule has 2 aromatic carbocycles. The van der Waals surface area contributed by atoms with Crippen LogP contribution in [0.4, 0.5) is 11.4 Å². The lowest BCUT2D eigenvalue weighted by Gasteiger charge is -2.21. The number of amides is 2. The summed E-state index contributed by atoms with van der Waals surface area (Å²) < 4.78 is 5.77. The Morgan fingerprint density at radius 3 is 2.00 bits per heavy atom. The number of nitrogens with one attached hydrogen (secondary N) is 1. The Labute approximate surface area is 197 Å². The van der Waals surface area contributed by atoms with E-state index in [2.05, 4.69) is 37.9 Å². The summed E-state index contributed by atoms with van der Waals surface area (Å²) in [4.78, 5) is 30.0. The Kier molecular flexibility index (Phi) is 7.79. The van der Waals surface area contributed by atoms with Crippen molar-refractivity contribution in [1.29, 1.82) is 0 Å². The molecule has 0 bridgehead atoms. The third-order valence-corrected chi connectivity index (χ3v) is 5.62. The van der Waals surface area contributed by atoms with Crippen molar-refractivity contribution < 1.29 is 14.3 Å². The van der Waals surface area contributed by atoms with Crippen molar-refractivity contribution in [3.05, 3.63) is 59.8 Å². The summed E-state index contributed by atoms with van der Waals surface area (Å²) in [5, 5.41) is 3.23. The van der Waals surface area contributed by atoms with E-state index in [0.29, 0.717) is 29.4 Å². The minimum absolute atomic E-state index is 0.238. The van der Waals surface area contributed by atoms with Gasteiger partial charge in [0, 0.05) is 30.5 Å². The first kappa shape index (κ1) is 24.4. The van der Waals surface area contributed by atoms with Gasteiger partial charge in [0.25, 0.3) is 11.8 Å². The SMILES string of the molecule is CCN(CC)c1ccc(NC2=C(c3ccc(OCC(C)C)cc3)C(=O)N(C(C)C)C2=O)cc1. The van der Waals surface area contributed by atoms with Gasteiger partial charge in [0.2, 0.25) is 0 Å². The average molecular weight is 450 g/mol. The molecule has 0 radical (unpaired) electrons. The highest BCUT2D eigenvalue weighted by molar-refractivity contribution is 6.36. The van der Waals surface area contributed by atoms with Crippen molar-refractivity contribution in [2.75, 3.05) is 29.9 Å². The van der Waals surface area contributed by atoms with Crippen molar-refractivity contribution in [1.82, 2.24) is 4.90 Å². The van der Waals surface area contributed by atoms with E-state index in [4.69, 9.17) is 4.74 Å². The summed E-state index contributed by atoms with van der Waals surface area (Å²) in [6.45, 7) is 14.6. The maximum absolute atomic E-state index is 13.2. The van der Waals surface area contributed by atoms with Crippen molar-refractivity contribution >= 4 is 28.8 Å². The monoisotopic (exact) mass is 449 g/mol. The minimum Gasteiger partial charge on any atom is -0.493 e. The van der Waals surface area contributed by atoms with Crippen LogP contribution in [0.25, 0.3) is 5.57 Å². The molecule has 0 spiro atoms. The molecule has 33 heavy (non-hydrogen) atoms. The lowest BCUT2D eigenvalue weighted by Crippen LogP contribution is -2.38. The topological polar surface area (TPSA) is 61.9 Å². The Hall–Kier alpha value is -3.28. The summed E-state index contributed by atoms with van der Waals surface area (Å²) in [7, 11) is 0. The fourth-order valence-electron chi connectivity index (χ4n) is 3.87. The summed E-state index contributed by atoms with van der Waals surface area (Å²) in [5.41, 5.74) is 3.27. The Morgan fingerprint density at radius 2 is 1.48 bits per heavy atom. The fraction of sp³-hybridized carbons (Fsp3) is 0.407. The first-order chi connectivity index (χ1) is 15.8. The first-order valence-electron chi connectivity index (χ1n) is 11.7. The number of anilines is 2. The molecular weight excluding hydrogens is 414 g/mol. The molecule has 6 heteroatoms. The van der Waals surface area contributed by atoms with Gasteiger partial charge in [-0.3, -0.25) is 14.5 Å². The van der Waals surface area contributed by atoms with Crippen molar-refractivity contribution in [3.63, 3.8) is 0 Å². The van der Waals surface area contributed by atoms with Gasteiger partial charge in [-0.25, -0.2) is 0 Å². The van der Waals surface area contributed by atoms with Crippen LogP contribution in [-0.2, 0) is 9.59 Å². The van der Waals surface area contributed by atoms with E-state index in [0.717, 1.165) is 30.2 Å². The predicted molar refractivity (Wildman–Crippen MR) is 134 cm³/mol. The molecule has 0 fully saturated rings. The molecule has 0 saturated carbocycles. The molecule has 176 valence electrons. The molecule has 6 nitrogen and oxygen atoms in total. The molecular formula is C27H35N3O3. The van der Waals surface area contributed by atoms with Gasteiger partial charge in [0.05, 0.1) is 12.2 Å². The van der Waals surface area contributed by atoms with E-state index in [1.165, 1.54) is 4.90 Å². The van der Waals surface area contributed by atoms with Crippen LogP contribution in [0, 0.1) is 5.92 Å². The maximum atomic E-state index is 13.2. The number of carbonyl (C=O) groups is 2. The summed E-state index contributed by atoms with van der Waals surface area (Å²) in [6, 6.07) is 15.1. The van der Waals surface area contributed by atoms with Crippen LogP contribution in [0.2, 0.25) is 0 Å². The van der Waals surface area contributed by atoms with E-state index < -0.39 is 0 Å². The highest BCUT2D eigenvalue weighted by atomic mass is 16.5. The van der Waals surface area contributed by atoms with E-state index >= 15 is 0 Å². The number of ether oxygens (including phenoxy) is 1. The quantitative estimate of drug-likeness (QED) is 0.507. The normalized spacial score (nSPS) is 14.0. The largest absolute Gasteiger partial charge is 0.493 e. The van der Waals surface area contributed by atoms with Crippen LogP contribution >= 0.6 is 0 Å². The zero-order valence-corrected chi connectivity index (χ0v) is 20.5. The van der Waals surface area contributed by atoms with Crippen molar-refractivity contribution in [2.24, 2.45) is 5.92 Å².